The lowest BCUT2D eigenvalue weighted by molar-refractivity contribution is 0.0750. The van der Waals surface area contributed by atoms with Gasteiger partial charge in [-0.15, -0.1) is 0 Å². The number of hydrogen-bond donors (Lipinski definition) is 0. The minimum absolute atomic E-state index is 0.0236. The van der Waals surface area contributed by atoms with Gasteiger partial charge in [0.05, 0.1) is 11.4 Å². The molecule has 5 rings (SSSR count). The van der Waals surface area contributed by atoms with E-state index < -0.39 is 0 Å². The molecule has 0 N–H and O–H groups in total. The molecular weight excluding hydrogens is 418 g/mol. The number of piperazine rings is 1. The number of hydrogen-bond acceptors (Lipinski definition) is 4. The predicted molar refractivity (Wildman–Crippen MR) is 118 cm³/mol. The summed E-state index contributed by atoms with van der Waals surface area (Å²) < 4.78 is 29.1. The number of benzene rings is 2. The van der Waals surface area contributed by atoms with Crippen molar-refractivity contribution >= 4 is 27.9 Å². The van der Waals surface area contributed by atoms with Crippen molar-refractivity contribution in [2.45, 2.75) is 6.92 Å². The zero-order chi connectivity index (χ0) is 21.5. The lowest BCUT2D eigenvalue weighted by atomic mass is 10.2. The molecule has 2 aromatic carbocycles. The van der Waals surface area contributed by atoms with Gasteiger partial charge in [0.25, 0.3) is 5.91 Å². The summed E-state index contributed by atoms with van der Waals surface area (Å²) in [7, 11) is 0. The minimum atomic E-state index is -0.288. The summed E-state index contributed by atoms with van der Waals surface area (Å²) in [5, 5.41) is 0. The van der Waals surface area contributed by atoms with Crippen LogP contribution in [0.4, 0.5) is 14.5 Å². The Morgan fingerprint density at radius 3 is 2.39 bits per heavy atom. The van der Waals surface area contributed by atoms with Crippen molar-refractivity contribution in [1.82, 2.24) is 14.3 Å². The van der Waals surface area contributed by atoms with E-state index in [1.165, 1.54) is 29.5 Å². The topological polar surface area (TPSA) is 40.9 Å². The van der Waals surface area contributed by atoms with E-state index in [-0.39, 0.29) is 17.5 Å². The Morgan fingerprint density at radius 2 is 1.71 bits per heavy atom. The third kappa shape index (κ3) is 3.57. The van der Waals surface area contributed by atoms with Crippen LogP contribution >= 0.6 is 11.3 Å². The van der Waals surface area contributed by atoms with Gasteiger partial charge >= 0.3 is 0 Å². The molecule has 3 heterocycles. The fraction of sp³-hybridized carbons (Fsp3) is 0.217. The van der Waals surface area contributed by atoms with E-state index in [0.717, 1.165) is 21.9 Å². The highest BCUT2D eigenvalue weighted by Gasteiger charge is 2.27. The molecule has 0 unspecified atom stereocenters. The third-order valence-corrected chi connectivity index (χ3v) is 6.80. The van der Waals surface area contributed by atoms with E-state index in [9.17, 15) is 13.6 Å². The van der Waals surface area contributed by atoms with Crippen LogP contribution < -0.4 is 4.90 Å². The van der Waals surface area contributed by atoms with Crippen molar-refractivity contribution in [1.29, 1.82) is 0 Å². The molecule has 4 aromatic rings. The van der Waals surface area contributed by atoms with Crippen molar-refractivity contribution in [2.24, 2.45) is 0 Å². The largest absolute Gasteiger partial charge is 0.366 e. The monoisotopic (exact) mass is 438 g/mol. The van der Waals surface area contributed by atoms with Gasteiger partial charge in [0.2, 0.25) is 0 Å². The van der Waals surface area contributed by atoms with Gasteiger partial charge in [-0.1, -0.05) is 23.5 Å². The van der Waals surface area contributed by atoms with Gasteiger partial charge in [0.15, 0.2) is 4.96 Å². The van der Waals surface area contributed by atoms with Crippen LogP contribution in [0.1, 0.15) is 15.4 Å². The van der Waals surface area contributed by atoms with Gasteiger partial charge in [-0.2, -0.15) is 0 Å². The second kappa shape index (κ2) is 7.77. The molecule has 0 bridgehead atoms. The van der Waals surface area contributed by atoms with Crippen LogP contribution in [0.2, 0.25) is 0 Å². The second-order valence-electron chi connectivity index (χ2n) is 7.53. The summed E-state index contributed by atoms with van der Waals surface area (Å²) >= 11 is 1.36. The Bertz CT molecular complexity index is 1260. The number of carbonyl (C=O) groups excluding carboxylic acids is 1. The number of fused-ring (bicyclic) bond motifs is 1. The number of aryl methyl sites for hydroxylation is 1. The number of imidazole rings is 1. The molecule has 158 valence electrons. The normalized spacial score (nSPS) is 14.4. The van der Waals surface area contributed by atoms with Crippen LogP contribution in [0, 0.1) is 18.6 Å². The van der Waals surface area contributed by atoms with Gasteiger partial charge in [-0.25, -0.2) is 13.8 Å². The van der Waals surface area contributed by atoms with Gasteiger partial charge in [0, 0.05) is 43.6 Å². The zero-order valence-corrected chi connectivity index (χ0v) is 17.7. The maximum absolute atomic E-state index is 14.1. The molecule has 1 saturated heterocycles. The number of rotatable bonds is 3. The first-order chi connectivity index (χ1) is 15.0. The standard InChI is InChI=1S/C23H20F2N4OS/c1-15-21(31-23-26-19(14-29(15)23)16-6-8-17(24)9-7-16)22(30)28-12-10-27(11-13-28)20-5-3-2-4-18(20)25/h2-9,14H,10-13H2,1H3. The lowest BCUT2D eigenvalue weighted by Crippen LogP contribution is -2.49. The Hall–Kier alpha value is -3.26. The Kier molecular flexibility index (Phi) is 4.94. The molecule has 0 aliphatic carbocycles. The Balaban J connectivity index is 1.33. The first-order valence-electron chi connectivity index (χ1n) is 10.0. The molecule has 2 aromatic heterocycles. The van der Waals surface area contributed by atoms with Crippen molar-refractivity contribution in [3.8, 4) is 11.3 Å². The molecule has 1 aliphatic rings. The van der Waals surface area contributed by atoms with Crippen molar-refractivity contribution in [3.63, 3.8) is 0 Å². The van der Waals surface area contributed by atoms with Crippen LogP contribution in [-0.2, 0) is 0 Å². The zero-order valence-electron chi connectivity index (χ0n) is 16.9. The molecule has 5 nitrogen and oxygen atoms in total. The van der Waals surface area contributed by atoms with Gasteiger partial charge in [-0.05, 0) is 43.3 Å². The summed E-state index contributed by atoms with van der Waals surface area (Å²) in [5.74, 6) is -0.553. The maximum Gasteiger partial charge on any atom is 0.265 e. The average Bonchev–Trinajstić information content (AvgIpc) is 3.34. The number of thiazole rings is 1. The molecule has 8 heteroatoms. The molecule has 1 fully saturated rings. The van der Waals surface area contributed by atoms with Gasteiger partial charge < -0.3 is 9.80 Å². The average molecular weight is 439 g/mol. The molecule has 1 aliphatic heterocycles. The number of aromatic nitrogens is 2. The van der Waals surface area contributed by atoms with Crippen molar-refractivity contribution in [3.05, 3.63) is 76.9 Å². The first kappa shape index (κ1) is 19.7. The number of carbonyl (C=O) groups is 1. The van der Waals surface area contributed by atoms with E-state index in [4.69, 9.17) is 0 Å². The summed E-state index contributed by atoms with van der Waals surface area (Å²) in [5.41, 5.74) is 2.98. The molecule has 0 radical (unpaired) electrons. The van der Waals surface area contributed by atoms with E-state index in [1.54, 1.807) is 24.3 Å². The molecule has 0 spiro atoms. The summed E-state index contributed by atoms with van der Waals surface area (Å²) in [6, 6.07) is 12.9. The SMILES string of the molecule is Cc1c(C(=O)N2CCN(c3ccccc3F)CC2)sc2nc(-c3ccc(F)cc3)cn12. The van der Waals surface area contributed by atoms with Crippen LogP contribution in [-0.4, -0.2) is 46.4 Å². The van der Waals surface area contributed by atoms with Crippen molar-refractivity contribution in [2.75, 3.05) is 31.1 Å². The fourth-order valence-electron chi connectivity index (χ4n) is 3.91. The lowest BCUT2D eigenvalue weighted by Gasteiger charge is -2.36. The minimum Gasteiger partial charge on any atom is -0.366 e. The van der Waals surface area contributed by atoms with Crippen LogP contribution in [0.5, 0.6) is 0 Å². The first-order valence-corrected chi connectivity index (χ1v) is 10.9. The molecular formula is C23H20F2N4OS. The number of anilines is 1. The summed E-state index contributed by atoms with van der Waals surface area (Å²) in [6.45, 7) is 4.15. The second-order valence-corrected chi connectivity index (χ2v) is 8.51. The van der Waals surface area contributed by atoms with Gasteiger partial charge in [-0.3, -0.25) is 9.20 Å². The van der Waals surface area contributed by atoms with Gasteiger partial charge in [0.1, 0.15) is 16.5 Å². The summed E-state index contributed by atoms with van der Waals surface area (Å²) in [6.07, 6.45) is 1.88. The molecule has 0 atom stereocenters. The maximum atomic E-state index is 14.1. The van der Waals surface area contributed by atoms with Crippen LogP contribution in [0.25, 0.3) is 16.2 Å². The van der Waals surface area contributed by atoms with E-state index in [1.807, 2.05) is 33.4 Å². The van der Waals surface area contributed by atoms with E-state index in [0.29, 0.717) is 36.7 Å². The quantitative estimate of drug-likeness (QED) is 0.469. The predicted octanol–water partition coefficient (Wildman–Crippen LogP) is 4.61. The number of nitrogens with zero attached hydrogens (tertiary/aromatic N) is 4. The number of amides is 1. The highest BCUT2D eigenvalue weighted by molar-refractivity contribution is 7.19. The van der Waals surface area contributed by atoms with E-state index >= 15 is 0 Å². The van der Waals surface area contributed by atoms with E-state index in [2.05, 4.69) is 4.98 Å². The molecule has 31 heavy (non-hydrogen) atoms. The molecule has 1 amide bonds. The Morgan fingerprint density at radius 1 is 1.00 bits per heavy atom. The smallest absolute Gasteiger partial charge is 0.265 e. The number of halogens is 2. The highest BCUT2D eigenvalue weighted by atomic mass is 32.1. The number of para-hydroxylation sites is 1. The molecule has 0 saturated carbocycles. The van der Waals surface area contributed by atoms with Crippen LogP contribution in [0.15, 0.2) is 54.7 Å². The highest BCUT2D eigenvalue weighted by Crippen LogP contribution is 2.29. The van der Waals surface area contributed by atoms with Crippen LogP contribution in [0.3, 0.4) is 0 Å². The fourth-order valence-corrected chi connectivity index (χ4v) is 4.99. The van der Waals surface area contributed by atoms with Crippen molar-refractivity contribution < 1.29 is 13.6 Å². The Labute approximate surface area is 182 Å². The third-order valence-electron chi connectivity index (χ3n) is 5.65. The summed E-state index contributed by atoms with van der Waals surface area (Å²) in [4.78, 5) is 23.0.